The van der Waals surface area contributed by atoms with Gasteiger partial charge in [-0.1, -0.05) is 0 Å². The molecule has 1 saturated heterocycles. The van der Waals surface area contributed by atoms with Gasteiger partial charge in [0.15, 0.2) is 0 Å². The number of rotatable bonds is 4. The molecule has 2 heterocycles. The van der Waals surface area contributed by atoms with Crippen molar-refractivity contribution in [3.8, 4) is 6.07 Å². The molecule has 7 nitrogen and oxygen atoms in total. The molecule has 0 bridgehead atoms. The number of nitrogens with zero attached hydrogens (tertiary/aromatic N) is 3. The lowest BCUT2D eigenvalue weighted by Crippen LogP contribution is -2.45. The highest BCUT2D eigenvalue weighted by atomic mass is 19.1. The van der Waals surface area contributed by atoms with Crippen LogP contribution in [0.5, 0.6) is 0 Å². The van der Waals surface area contributed by atoms with Gasteiger partial charge >= 0.3 is 6.09 Å². The van der Waals surface area contributed by atoms with E-state index in [1.807, 2.05) is 6.07 Å². The Bertz CT molecular complexity index is 926. The van der Waals surface area contributed by atoms with Crippen molar-refractivity contribution in [2.75, 3.05) is 19.6 Å². The Morgan fingerprint density at radius 1 is 1.31 bits per heavy atom. The molecule has 2 N–H and O–H groups in total. The fraction of sp³-hybridized carbons (Fsp3) is 0.389. The van der Waals surface area contributed by atoms with E-state index in [2.05, 4.69) is 10.2 Å². The Kier molecular flexibility index (Phi) is 5.19. The molecule has 1 aliphatic rings. The second kappa shape index (κ2) is 7.54. The van der Waals surface area contributed by atoms with Gasteiger partial charge in [0, 0.05) is 43.7 Å². The Labute approximate surface area is 149 Å². The van der Waals surface area contributed by atoms with Crippen molar-refractivity contribution in [2.24, 2.45) is 0 Å². The number of piperidine rings is 1. The van der Waals surface area contributed by atoms with Gasteiger partial charge < -0.3 is 19.9 Å². The number of hydrogen-bond acceptors (Lipinski definition) is 4. The van der Waals surface area contributed by atoms with E-state index in [-0.39, 0.29) is 17.2 Å². The van der Waals surface area contributed by atoms with Crippen molar-refractivity contribution >= 4 is 17.0 Å². The molecular weight excluding hydrogens is 339 g/mol. The highest BCUT2D eigenvalue weighted by Crippen LogP contribution is 2.19. The van der Waals surface area contributed by atoms with E-state index in [0.29, 0.717) is 36.8 Å². The number of fused-ring (bicyclic) bond motifs is 1. The number of halogens is 1. The minimum absolute atomic E-state index is 0.0451. The van der Waals surface area contributed by atoms with Crippen molar-refractivity contribution in [1.82, 2.24) is 14.8 Å². The predicted molar refractivity (Wildman–Crippen MR) is 93.5 cm³/mol. The number of nitrogens with one attached hydrogen (secondary N) is 1. The van der Waals surface area contributed by atoms with Crippen molar-refractivity contribution in [1.29, 1.82) is 5.26 Å². The fourth-order valence-electron chi connectivity index (χ4n) is 3.37. The molecule has 8 heteroatoms. The molecule has 3 rings (SSSR count). The summed E-state index contributed by atoms with van der Waals surface area (Å²) in [6.45, 7) is 2.42. The van der Waals surface area contributed by atoms with E-state index in [1.165, 1.54) is 22.8 Å². The van der Waals surface area contributed by atoms with E-state index in [0.717, 1.165) is 19.2 Å². The van der Waals surface area contributed by atoms with Crippen molar-refractivity contribution in [3.63, 3.8) is 0 Å². The summed E-state index contributed by atoms with van der Waals surface area (Å²) in [5, 5.41) is 20.6. The first-order valence-electron chi connectivity index (χ1n) is 8.43. The summed E-state index contributed by atoms with van der Waals surface area (Å²) in [6, 6.07) is 7.33. The molecular formula is C18H19FN4O3. The molecule has 1 aromatic carbocycles. The number of amides is 1. The highest BCUT2D eigenvalue weighted by Gasteiger charge is 2.20. The van der Waals surface area contributed by atoms with Gasteiger partial charge in [0.1, 0.15) is 5.82 Å². The Morgan fingerprint density at radius 3 is 2.69 bits per heavy atom. The van der Waals surface area contributed by atoms with Gasteiger partial charge in [0.25, 0.3) is 5.56 Å². The van der Waals surface area contributed by atoms with Gasteiger partial charge in [-0.15, -0.1) is 0 Å². The molecule has 1 aliphatic heterocycles. The second-order valence-corrected chi connectivity index (χ2v) is 6.39. The van der Waals surface area contributed by atoms with Gasteiger partial charge in [0.2, 0.25) is 0 Å². The quantitative estimate of drug-likeness (QED) is 0.868. The molecule has 0 aliphatic carbocycles. The molecule has 26 heavy (non-hydrogen) atoms. The summed E-state index contributed by atoms with van der Waals surface area (Å²) in [7, 11) is 0. The molecule has 0 atom stereocenters. The number of benzene rings is 1. The highest BCUT2D eigenvalue weighted by molar-refractivity contribution is 5.81. The second-order valence-electron chi connectivity index (χ2n) is 6.39. The minimum Gasteiger partial charge on any atom is -0.465 e. The van der Waals surface area contributed by atoms with Crippen molar-refractivity contribution < 1.29 is 14.3 Å². The molecule has 0 unspecified atom stereocenters. The third-order valence-electron chi connectivity index (χ3n) is 4.74. The lowest BCUT2D eigenvalue weighted by Gasteiger charge is -2.31. The smallest absolute Gasteiger partial charge is 0.404 e. The largest absolute Gasteiger partial charge is 0.465 e. The summed E-state index contributed by atoms with van der Waals surface area (Å²) in [6.07, 6.45) is 0.412. The van der Waals surface area contributed by atoms with E-state index in [9.17, 15) is 14.0 Å². The molecule has 0 spiro atoms. The monoisotopic (exact) mass is 358 g/mol. The van der Waals surface area contributed by atoms with Gasteiger partial charge in [-0.05, 0) is 31.0 Å². The maximum atomic E-state index is 14.2. The lowest BCUT2D eigenvalue weighted by molar-refractivity contribution is 0.166. The van der Waals surface area contributed by atoms with E-state index < -0.39 is 11.9 Å². The lowest BCUT2D eigenvalue weighted by atomic mass is 10.1. The van der Waals surface area contributed by atoms with Crippen LogP contribution in [0.2, 0.25) is 0 Å². The average molecular weight is 358 g/mol. The van der Waals surface area contributed by atoms with Crippen LogP contribution in [0.4, 0.5) is 9.18 Å². The van der Waals surface area contributed by atoms with E-state index in [1.54, 1.807) is 0 Å². The van der Waals surface area contributed by atoms with Crippen molar-refractivity contribution in [2.45, 2.75) is 25.4 Å². The molecule has 1 aromatic heterocycles. The average Bonchev–Trinajstić information content (AvgIpc) is 2.61. The van der Waals surface area contributed by atoms with Gasteiger partial charge in [0.05, 0.1) is 17.1 Å². The molecule has 0 radical (unpaired) electrons. The van der Waals surface area contributed by atoms with Crippen LogP contribution in [0.1, 0.15) is 18.4 Å². The van der Waals surface area contributed by atoms with E-state index in [4.69, 9.17) is 10.4 Å². The zero-order chi connectivity index (χ0) is 18.7. The number of carboxylic acid groups (broad SMARTS) is 1. The number of hydrogen-bond donors (Lipinski definition) is 2. The first kappa shape index (κ1) is 17.9. The topological polar surface area (TPSA) is 98.4 Å². The first-order valence-corrected chi connectivity index (χ1v) is 8.43. The van der Waals surface area contributed by atoms with Crippen LogP contribution in [-0.2, 0) is 6.54 Å². The normalized spacial score (nSPS) is 15.7. The molecule has 0 saturated carbocycles. The molecule has 136 valence electrons. The van der Waals surface area contributed by atoms with Gasteiger partial charge in [-0.3, -0.25) is 4.79 Å². The minimum atomic E-state index is -1.01. The number of carbonyl (C=O) groups is 1. The summed E-state index contributed by atoms with van der Waals surface area (Å²) in [4.78, 5) is 25.1. The van der Waals surface area contributed by atoms with Gasteiger partial charge in [-0.25, -0.2) is 9.18 Å². The maximum Gasteiger partial charge on any atom is 0.404 e. The molecule has 1 amide bonds. The zero-order valence-electron chi connectivity index (χ0n) is 14.1. The third-order valence-corrected chi connectivity index (χ3v) is 4.74. The van der Waals surface area contributed by atoms with Crippen LogP contribution in [0.3, 0.4) is 0 Å². The maximum absolute atomic E-state index is 14.2. The van der Waals surface area contributed by atoms with Crippen LogP contribution in [-0.4, -0.2) is 46.3 Å². The van der Waals surface area contributed by atoms with Crippen LogP contribution in [0.25, 0.3) is 10.9 Å². The number of aromatic nitrogens is 1. The zero-order valence-corrected chi connectivity index (χ0v) is 14.1. The summed E-state index contributed by atoms with van der Waals surface area (Å²) in [5.74, 6) is -0.520. The van der Waals surface area contributed by atoms with Gasteiger partial charge in [-0.2, -0.15) is 5.26 Å². The van der Waals surface area contributed by atoms with E-state index >= 15 is 0 Å². The SMILES string of the molecule is N#Cc1cc(F)c2ccc(=O)n(CCN3CCC(NC(=O)O)CC3)c2c1. The number of pyridine rings is 1. The summed E-state index contributed by atoms with van der Waals surface area (Å²) >= 11 is 0. The van der Waals surface area contributed by atoms with Crippen LogP contribution in [0, 0.1) is 17.1 Å². The molecule has 1 fully saturated rings. The van der Waals surface area contributed by atoms with Crippen molar-refractivity contribution in [3.05, 3.63) is 46.0 Å². The standard InChI is InChI=1S/C18H19FN4O3/c19-15-9-12(11-20)10-16-14(15)1-2-17(24)23(16)8-7-22-5-3-13(4-6-22)21-18(25)26/h1-2,9-10,13,21H,3-8H2,(H,25,26). The predicted octanol–water partition coefficient (Wildman–Crippen LogP) is 1.74. The Balaban J connectivity index is 1.74. The summed E-state index contributed by atoms with van der Waals surface area (Å²) in [5.41, 5.74) is 0.348. The number of nitriles is 1. The summed E-state index contributed by atoms with van der Waals surface area (Å²) < 4.78 is 15.6. The van der Waals surface area contributed by atoms with Crippen LogP contribution in [0.15, 0.2) is 29.1 Å². The Morgan fingerprint density at radius 2 is 2.04 bits per heavy atom. The van der Waals surface area contributed by atoms with Crippen LogP contribution >= 0.6 is 0 Å². The van der Waals surface area contributed by atoms with Crippen LogP contribution < -0.4 is 10.9 Å². The third kappa shape index (κ3) is 3.83. The molecule has 2 aromatic rings. The fourth-order valence-corrected chi connectivity index (χ4v) is 3.37. The first-order chi connectivity index (χ1) is 12.5. The number of likely N-dealkylation sites (tertiary alicyclic amines) is 1. The Hall–Kier alpha value is -2.92.